The van der Waals surface area contributed by atoms with Gasteiger partial charge in [0.15, 0.2) is 18.9 Å². The van der Waals surface area contributed by atoms with Gasteiger partial charge in [-0.2, -0.15) is 0 Å². The van der Waals surface area contributed by atoms with E-state index in [4.69, 9.17) is 23.7 Å². The minimum atomic E-state index is -1.91. The van der Waals surface area contributed by atoms with E-state index >= 15 is 0 Å². The zero-order valence-corrected chi connectivity index (χ0v) is 19.7. The molecule has 37 heavy (non-hydrogen) atoms. The van der Waals surface area contributed by atoms with E-state index in [0.29, 0.717) is 0 Å². The minimum absolute atomic E-state index is 0.627. The Labute approximate surface area is 210 Å². The molecule has 3 saturated heterocycles. The number of aliphatic hydroxyl groups excluding tert-OH is 10. The average molecular weight is 545 g/mol. The monoisotopic (exact) mass is 545 g/mol. The van der Waals surface area contributed by atoms with Crippen molar-refractivity contribution in [3.05, 3.63) is 0 Å². The Balaban J connectivity index is 1.80. The highest BCUT2D eigenvalue weighted by Gasteiger charge is 2.53. The molecule has 216 valence electrons. The van der Waals surface area contributed by atoms with Gasteiger partial charge in [-0.3, -0.25) is 4.79 Å². The highest BCUT2D eigenvalue weighted by Crippen LogP contribution is 2.32. The topological polar surface area (TPSA) is 278 Å². The van der Waals surface area contributed by atoms with Crippen LogP contribution in [0.25, 0.3) is 0 Å². The van der Waals surface area contributed by atoms with Gasteiger partial charge in [0.1, 0.15) is 73.2 Å². The summed E-state index contributed by atoms with van der Waals surface area (Å²) in [5.74, 6) is -0.627. The minimum Gasteiger partial charge on any atom is -0.394 e. The van der Waals surface area contributed by atoms with Crippen molar-refractivity contribution >= 4 is 5.91 Å². The largest absolute Gasteiger partial charge is 0.394 e. The number of rotatable bonds is 8. The number of hydrogen-bond acceptors (Lipinski definition) is 16. The smallest absolute Gasteiger partial charge is 0.217 e. The number of amides is 1. The van der Waals surface area contributed by atoms with E-state index in [1.165, 1.54) is 0 Å². The normalized spacial score (nSPS) is 49.0. The third-order valence-corrected chi connectivity index (χ3v) is 6.50. The van der Waals surface area contributed by atoms with Gasteiger partial charge in [0.05, 0.1) is 19.8 Å². The molecule has 0 aromatic carbocycles. The molecule has 3 aliphatic rings. The second-order valence-electron chi connectivity index (χ2n) is 9.07. The van der Waals surface area contributed by atoms with Crippen molar-refractivity contribution in [3.8, 4) is 0 Å². The van der Waals surface area contributed by atoms with Gasteiger partial charge in [0.2, 0.25) is 5.91 Å². The van der Waals surface area contributed by atoms with Crippen LogP contribution in [0.4, 0.5) is 0 Å². The zero-order valence-electron chi connectivity index (χ0n) is 19.7. The van der Waals surface area contributed by atoms with Crippen LogP contribution in [0.15, 0.2) is 0 Å². The lowest BCUT2D eigenvalue weighted by Crippen LogP contribution is -2.68. The van der Waals surface area contributed by atoms with E-state index in [-0.39, 0.29) is 0 Å². The summed E-state index contributed by atoms with van der Waals surface area (Å²) in [7, 11) is 0. The maximum atomic E-state index is 11.5. The molecule has 3 aliphatic heterocycles. The van der Waals surface area contributed by atoms with E-state index in [2.05, 4.69) is 5.32 Å². The van der Waals surface area contributed by atoms with Crippen molar-refractivity contribution < 1.29 is 79.5 Å². The molecule has 0 aromatic rings. The lowest BCUT2D eigenvalue weighted by molar-refractivity contribution is -0.375. The first-order valence-corrected chi connectivity index (χ1v) is 11.6. The van der Waals surface area contributed by atoms with Crippen molar-refractivity contribution in [1.82, 2.24) is 5.32 Å². The molecule has 17 heteroatoms. The van der Waals surface area contributed by atoms with Crippen LogP contribution < -0.4 is 5.32 Å². The fraction of sp³-hybridized carbons (Fsp3) is 0.950. The molecule has 0 bridgehead atoms. The van der Waals surface area contributed by atoms with Gasteiger partial charge < -0.3 is 80.1 Å². The number of carbonyl (C=O) groups is 1. The molecular formula is C20H35NO16. The van der Waals surface area contributed by atoms with E-state index in [9.17, 15) is 55.9 Å². The van der Waals surface area contributed by atoms with E-state index in [1.54, 1.807) is 0 Å². The third-order valence-electron chi connectivity index (χ3n) is 6.50. The Morgan fingerprint density at radius 3 is 1.70 bits per heavy atom. The molecule has 15 atom stereocenters. The highest BCUT2D eigenvalue weighted by molar-refractivity contribution is 5.73. The van der Waals surface area contributed by atoms with Crippen LogP contribution in [0.5, 0.6) is 0 Å². The van der Waals surface area contributed by atoms with Crippen LogP contribution in [0, 0.1) is 0 Å². The average Bonchev–Trinajstić information content (AvgIpc) is 2.86. The van der Waals surface area contributed by atoms with Crippen molar-refractivity contribution in [1.29, 1.82) is 0 Å². The summed E-state index contributed by atoms with van der Waals surface area (Å²) in [6, 6.07) is -1.40. The molecule has 0 spiro atoms. The Bertz CT molecular complexity index is 745. The molecule has 3 fully saturated rings. The second kappa shape index (κ2) is 12.8. The van der Waals surface area contributed by atoms with E-state index in [1.807, 2.05) is 0 Å². The number of carbonyl (C=O) groups excluding carboxylic acids is 1. The summed E-state index contributed by atoms with van der Waals surface area (Å²) in [5.41, 5.74) is 0. The quantitative estimate of drug-likeness (QED) is 0.135. The fourth-order valence-corrected chi connectivity index (χ4v) is 4.46. The molecule has 0 saturated carbocycles. The highest BCUT2D eigenvalue weighted by atomic mass is 16.7. The molecule has 1 amide bonds. The van der Waals surface area contributed by atoms with Crippen LogP contribution in [-0.4, -0.2) is 169 Å². The zero-order chi connectivity index (χ0) is 27.6. The third kappa shape index (κ3) is 6.38. The van der Waals surface area contributed by atoms with Crippen LogP contribution in [-0.2, 0) is 28.5 Å². The fourth-order valence-electron chi connectivity index (χ4n) is 4.46. The first-order valence-electron chi connectivity index (χ1n) is 11.6. The summed E-state index contributed by atoms with van der Waals surface area (Å²) in [4.78, 5) is 11.5. The van der Waals surface area contributed by atoms with Gasteiger partial charge in [-0.05, 0) is 0 Å². The molecule has 3 rings (SSSR count). The lowest BCUT2D eigenvalue weighted by atomic mass is 9.95. The summed E-state index contributed by atoms with van der Waals surface area (Å²) < 4.78 is 26.9. The maximum Gasteiger partial charge on any atom is 0.217 e. The summed E-state index contributed by atoms with van der Waals surface area (Å²) >= 11 is 0. The molecule has 0 aromatic heterocycles. The number of hydrogen-bond donors (Lipinski definition) is 11. The van der Waals surface area contributed by atoms with E-state index in [0.717, 1.165) is 6.92 Å². The molecule has 0 aliphatic carbocycles. The van der Waals surface area contributed by atoms with Gasteiger partial charge in [0.25, 0.3) is 0 Å². The number of nitrogens with one attached hydrogen (secondary N) is 1. The van der Waals surface area contributed by atoms with Crippen LogP contribution in [0.2, 0.25) is 0 Å². The molecule has 0 radical (unpaired) electrons. The molecule has 17 nitrogen and oxygen atoms in total. The van der Waals surface area contributed by atoms with Gasteiger partial charge in [0, 0.05) is 6.92 Å². The van der Waals surface area contributed by atoms with Gasteiger partial charge in [-0.15, -0.1) is 0 Å². The van der Waals surface area contributed by atoms with Gasteiger partial charge in [-0.25, -0.2) is 0 Å². The molecular weight excluding hydrogens is 510 g/mol. The Kier molecular flexibility index (Phi) is 10.5. The van der Waals surface area contributed by atoms with Crippen LogP contribution >= 0.6 is 0 Å². The second-order valence-corrected chi connectivity index (χ2v) is 9.07. The van der Waals surface area contributed by atoms with Crippen molar-refractivity contribution in [3.63, 3.8) is 0 Å². The van der Waals surface area contributed by atoms with Crippen LogP contribution in [0.3, 0.4) is 0 Å². The predicted molar refractivity (Wildman–Crippen MR) is 113 cm³/mol. The Morgan fingerprint density at radius 1 is 0.649 bits per heavy atom. The first-order chi connectivity index (χ1) is 17.4. The SMILES string of the molecule is CC(=O)N[C@H]1C(O)[C@H](O[C@@H]2O[C@@H](CO)[C@H](O)C(O[C@H]3OC(CO)[C@H](O)C(O)[C@@H]3O)C2O)C(CO)O[C@H]1O. The lowest BCUT2D eigenvalue weighted by Gasteiger charge is -2.48. The van der Waals surface area contributed by atoms with Crippen LogP contribution in [0.1, 0.15) is 6.92 Å². The summed E-state index contributed by atoms with van der Waals surface area (Å²) in [5, 5.41) is 103. The number of aliphatic hydroxyl groups is 10. The predicted octanol–water partition coefficient (Wildman–Crippen LogP) is -7.43. The summed E-state index contributed by atoms with van der Waals surface area (Å²) in [6.07, 6.45) is -23.4. The van der Waals surface area contributed by atoms with E-state index < -0.39 is 118 Å². The summed E-state index contributed by atoms with van der Waals surface area (Å²) in [6.45, 7) is -1.23. The molecule has 3 heterocycles. The first kappa shape index (κ1) is 30.4. The number of ether oxygens (including phenoxy) is 5. The maximum absolute atomic E-state index is 11.5. The van der Waals surface area contributed by atoms with Gasteiger partial charge >= 0.3 is 0 Å². The standard InChI is InChI=1S/C20H35NO16/c1-5(25)21-9-12(28)16(8(4-24)33-18(9)32)36-20-15(31)17(11(27)7(3-23)35-20)37-19-14(30)13(29)10(26)6(2-22)34-19/h6-20,22-24,26-32H,2-4H2,1H3,(H,21,25)/t6?,7-,8?,9-,10-,11-,12?,13?,14-,15?,16+,17?,18+,19+,20-/m0/s1. The Morgan fingerprint density at radius 2 is 1.16 bits per heavy atom. The molecule has 11 N–H and O–H groups in total. The van der Waals surface area contributed by atoms with Gasteiger partial charge in [-0.1, -0.05) is 0 Å². The molecule has 6 unspecified atom stereocenters. The van der Waals surface area contributed by atoms with Crippen molar-refractivity contribution in [2.24, 2.45) is 0 Å². The van der Waals surface area contributed by atoms with Crippen molar-refractivity contribution in [2.45, 2.75) is 99.0 Å². The Hall–Kier alpha value is -1.13. The van der Waals surface area contributed by atoms with Crippen molar-refractivity contribution in [2.75, 3.05) is 19.8 Å².